The fourth-order valence-corrected chi connectivity index (χ4v) is 2.50. The van der Waals surface area contributed by atoms with Gasteiger partial charge in [-0.3, -0.25) is 0 Å². The van der Waals surface area contributed by atoms with E-state index in [0.717, 1.165) is 11.8 Å². The summed E-state index contributed by atoms with van der Waals surface area (Å²) in [5, 5.41) is 3.60. The molecule has 1 saturated heterocycles. The Bertz CT molecular complexity index is 279. The molecule has 0 aliphatic carbocycles. The van der Waals surface area contributed by atoms with Gasteiger partial charge in [0.2, 0.25) is 0 Å². The van der Waals surface area contributed by atoms with Crippen molar-refractivity contribution in [3.63, 3.8) is 0 Å². The molecule has 1 aromatic rings. The van der Waals surface area contributed by atoms with Gasteiger partial charge in [-0.25, -0.2) is 0 Å². The topological polar surface area (TPSA) is 12.0 Å². The maximum Gasteiger partial charge on any atom is 0.0159 e. The van der Waals surface area contributed by atoms with Gasteiger partial charge in [-0.15, -0.1) is 0 Å². The molecule has 0 radical (unpaired) electrons. The van der Waals surface area contributed by atoms with Crippen molar-refractivity contribution < 1.29 is 0 Å². The molecule has 1 N–H and O–H groups in total. The Labute approximate surface area is 86.5 Å². The molecule has 0 amide bonds. The van der Waals surface area contributed by atoms with Crippen molar-refractivity contribution in [1.82, 2.24) is 5.32 Å². The predicted molar refractivity (Wildman–Crippen MR) is 60.4 cm³/mol. The third-order valence-electron chi connectivity index (χ3n) is 3.21. The molecule has 14 heavy (non-hydrogen) atoms. The Morgan fingerprint density at radius 2 is 1.93 bits per heavy atom. The Morgan fingerprint density at radius 3 is 2.57 bits per heavy atom. The van der Waals surface area contributed by atoms with E-state index >= 15 is 0 Å². The van der Waals surface area contributed by atoms with Crippen LogP contribution in [0.4, 0.5) is 0 Å². The molecule has 1 aliphatic rings. The van der Waals surface area contributed by atoms with Crippen LogP contribution in [0.1, 0.15) is 31.7 Å². The zero-order chi connectivity index (χ0) is 9.97. The first-order valence-electron chi connectivity index (χ1n) is 5.57. The van der Waals surface area contributed by atoms with E-state index < -0.39 is 0 Å². The normalized spacial score (nSPS) is 27.1. The Kier molecular flexibility index (Phi) is 2.87. The van der Waals surface area contributed by atoms with Gasteiger partial charge in [0.25, 0.3) is 0 Å². The molecule has 0 unspecified atom stereocenters. The van der Waals surface area contributed by atoms with Gasteiger partial charge in [-0.2, -0.15) is 0 Å². The SMILES string of the molecule is CC(C)[C@H]1NCC[C@H]1c1ccccc1. The lowest BCUT2D eigenvalue weighted by molar-refractivity contribution is 0.416. The van der Waals surface area contributed by atoms with E-state index in [9.17, 15) is 0 Å². The Morgan fingerprint density at radius 1 is 1.21 bits per heavy atom. The van der Waals surface area contributed by atoms with Gasteiger partial charge in [-0.1, -0.05) is 44.2 Å². The van der Waals surface area contributed by atoms with Gasteiger partial charge in [0, 0.05) is 12.0 Å². The smallest absolute Gasteiger partial charge is 0.0159 e. The molecule has 2 atom stereocenters. The van der Waals surface area contributed by atoms with E-state index in [4.69, 9.17) is 0 Å². The van der Waals surface area contributed by atoms with Crippen LogP contribution in [0.5, 0.6) is 0 Å². The lowest BCUT2D eigenvalue weighted by Gasteiger charge is -2.23. The fraction of sp³-hybridized carbons (Fsp3) is 0.538. The minimum absolute atomic E-state index is 0.664. The van der Waals surface area contributed by atoms with Gasteiger partial charge < -0.3 is 5.32 Å². The summed E-state index contributed by atoms with van der Waals surface area (Å²) in [6.45, 7) is 5.78. The van der Waals surface area contributed by atoms with E-state index in [-0.39, 0.29) is 0 Å². The molecule has 1 fully saturated rings. The first kappa shape index (κ1) is 9.72. The van der Waals surface area contributed by atoms with Crippen molar-refractivity contribution >= 4 is 0 Å². The van der Waals surface area contributed by atoms with Crippen molar-refractivity contribution in [3.05, 3.63) is 35.9 Å². The van der Waals surface area contributed by atoms with E-state index in [1.807, 2.05) is 0 Å². The van der Waals surface area contributed by atoms with Crippen molar-refractivity contribution in [2.75, 3.05) is 6.54 Å². The first-order valence-corrected chi connectivity index (χ1v) is 5.57. The number of hydrogen-bond acceptors (Lipinski definition) is 1. The highest BCUT2D eigenvalue weighted by Gasteiger charge is 2.29. The van der Waals surface area contributed by atoms with Gasteiger partial charge in [0.1, 0.15) is 0 Å². The summed E-state index contributed by atoms with van der Waals surface area (Å²) in [4.78, 5) is 0. The van der Waals surface area contributed by atoms with Crippen LogP contribution in [-0.4, -0.2) is 12.6 Å². The van der Waals surface area contributed by atoms with Gasteiger partial charge >= 0.3 is 0 Å². The van der Waals surface area contributed by atoms with Crippen molar-refractivity contribution in [2.24, 2.45) is 5.92 Å². The second-order valence-electron chi connectivity index (χ2n) is 4.53. The summed E-state index contributed by atoms with van der Waals surface area (Å²) in [5.74, 6) is 1.44. The van der Waals surface area contributed by atoms with Crippen molar-refractivity contribution in [1.29, 1.82) is 0 Å². The lowest BCUT2D eigenvalue weighted by atomic mass is 9.86. The minimum Gasteiger partial charge on any atom is -0.313 e. The number of benzene rings is 1. The first-order chi connectivity index (χ1) is 6.79. The van der Waals surface area contributed by atoms with E-state index in [2.05, 4.69) is 49.5 Å². The molecule has 1 aromatic carbocycles. The molecule has 1 aliphatic heterocycles. The van der Waals surface area contributed by atoms with Crippen molar-refractivity contribution in [3.8, 4) is 0 Å². The van der Waals surface area contributed by atoms with Gasteiger partial charge in [0.15, 0.2) is 0 Å². The van der Waals surface area contributed by atoms with Gasteiger partial charge in [-0.05, 0) is 24.4 Å². The predicted octanol–water partition coefficient (Wildman–Crippen LogP) is 2.79. The van der Waals surface area contributed by atoms with E-state index in [0.29, 0.717) is 6.04 Å². The summed E-state index contributed by atoms with van der Waals surface area (Å²) in [6, 6.07) is 11.6. The summed E-state index contributed by atoms with van der Waals surface area (Å²) in [5.41, 5.74) is 1.50. The number of nitrogens with one attached hydrogen (secondary N) is 1. The van der Waals surface area contributed by atoms with E-state index in [1.54, 1.807) is 0 Å². The fourth-order valence-electron chi connectivity index (χ4n) is 2.50. The van der Waals surface area contributed by atoms with Crippen LogP contribution in [0, 0.1) is 5.92 Å². The molecule has 2 rings (SSSR count). The second-order valence-corrected chi connectivity index (χ2v) is 4.53. The number of hydrogen-bond donors (Lipinski definition) is 1. The zero-order valence-corrected chi connectivity index (χ0v) is 9.03. The minimum atomic E-state index is 0.664. The average molecular weight is 189 g/mol. The van der Waals surface area contributed by atoms with Gasteiger partial charge in [0.05, 0.1) is 0 Å². The van der Waals surface area contributed by atoms with Crippen LogP contribution in [0.15, 0.2) is 30.3 Å². The highest BCUT2D eigenvalue weighted by molar-refractivity contribution is 5.22. The summed E-state index contributed by atoms with van der Waals surface area (Å²) >= 11 is 0. The maximum absolute atomic E-state index is 3.60. The van der Waals surface area contributed by atoms with Crippen molar-refractivity contribution in [2.45, 2.75) is 32.2 Å². The summed E-state index contributed by atoms with van der Waals surface area (Å²) < 4.78 is 0. The summed E-state index contributed by atoms with van der Waals surface area (Å²) in [7, 11) is 0. The molecule has 0 saturated carbocycles. The highest BCUT2D eigenvalue weighted by atomic mass is 15.0. The Balaban J connectivity index is 2.18. The molecular weight excluding hydrogens is 170 g/mol. The van der Waals surface area contributed by atoms with Crippen LogP contribution < -0.4 is 5.32 Å². The molecule has 0 aromatic heterocycles. The molecule has 1 heterocycles. The quantitative estimate of drug-likeness (QED) is 0.754. The molecule has 76 valence electrons. The Hall–Kier alpha value is -0.820. The number of rotatable bonds is 2. The monoisotopic (exact) mass is 189 g/mol. The second kappa shape index (κ2) is 4.14. The third kappa shape index (κ3) is 1.83. The molecule has 1 nitrogen and oxygen atoms in total. The maximum atomic E-state index is 3.60. The third-order valence-corrected chi connectivity index (χ3v) is 3.21. The zero-order valence-electron chi connectivity index (χ0n) is 9.03. The van der Waals surface area contributed by atoms with Crippen LogP contribution in [0.2, 0.25) is 0 Å². The van der Waals surface area contributed by atoms with E-state index in [1.165, 1.54) is 18.5 Å². The average Bonchev–Trinajstić information content (AvgIpc) is 2.67. The van der Waals surface area contributed by atoms with Crippen LogP contribution >= 0.6 is 0 Å². The molecule has 0 spiro atoms. The molecular formula is C13H19N. The van der Waals surface area contributed by atoms with Crippen LogP contribution in [0.25, 0.3) is 0 Å². The van der Waals surface area contributed by atoms with Crippen LogP contribution in [0.3, 0.4) is 0 Å². The largest absolute Gasteiger partial charge is 0.313 e. The van der Waals surface area contributed by atoms with Crippen LogP contribution in [-0.2, 0) is 0 Å². The lowest BCUT2D eigenvalue weighted by Crippen LogP contribution is -2.31. The summed E-state index contributed by atoms with van der Waals surface area (Å²) in [6.07, 6.45) is 1.28. The molecule has 1 heteroatoms. The standard InChI is InChI=1S/C13H19N/c1-10(2)13-12(8-9-14-13)11-6-4-3-5-7-11/h3-7,10,12-14H,8-9H2,1-2H3/t12-,13+/m0/s1. The molecule has 0 bridgehead atoms. The highest BCUT2D eigenvalue weighted by Crippen LogP contribution is 2.31.